The van der Waals surface area contributed by atoms with E-state index >= 15 is 0 Å². The minimum absolute atomic E-state index is 0.0463. The van der Waals surface area contributed by atoms with Crippen molar-refractivity contribution in [1.29, 1.82) is 0 Å². The van der Waals surface area contributed by atoms with Crippen LogP contribution in [0.25, 0.3) is 10.9 Å². The van der Waals surface area contributed by atoms with Crippen LogP contribution in [0.1, 0.15) is 10.5 Å². The zero-order valence-electron chi connectivity index (χ0n) is 7.38. The van der Waals surface area contributed by atoms with Gasteiger partial charge in [-0.3, -0.25) is 4.79 Å². The van der Waals surface area contributed by atoms with Crippen LogP contribution >= 0.6 is 0 Å². The van der Waals surface area contributed by atoms with E-state index in [2.05, 4.69) is 4.98 Å². The Balaban J connectivity index is 2.56. The van der Waals surface area contributed by atoms with E-state index in [1.54, 1.807) is 12.1 Å². The number of carbonyl (C=O) groups is 1. The summed E-state index contributed by atoms with van der Waals surface area (Å²) in [6, 6.07) is 5.92. The second-order valence-electron chi connectivity index (χ2n) is 3.04. The molecule has 3 N–H and O–H groups in total. The van der Waals surface area contributed by atoms with Gasteiger partial charge in [0.05, 0.1) is 12.2 Å². The van der Waals surface area contributed by atoms with Crippen LogP contribution in [0, 0.1) is 5.82 Å². The van der Waals surface area contributed by atoms with Gasteiger partial charge in [0, 0.05) is 10.9 Å². The quantitative estimate of drug-likeness (QED) is 0.707. The first-order valence-corrected chi connectivity index (χ1v) is 4.22. The number of H-pyrrole nitrogens is 1. The lowest BCUT2D eigenvalue weighted by Crippen LogP contribution is -2.13. The van der Waals surface area contributed by atoms with Crippen LogP contribution < -0.4 is 5.73 Å². The second kappa shape index (κ2) is 3.23. The predicted molar refractivity (Wildman–Crippen MR) is 51.6 cm³/mol. The molecule has 0 saturated carbocycles. The van der Waals surface area contributed by atoms with Crippen LogP contribution in [0.5, 0.6) is 0 Å². The summed E-state index contributed by atoms with van der Waals surface area (Å²) in [5, 5.41) is 0.682. The molecule has 0 spiro atoms. The standard InChI is InChI=1S/C10H9FN2O/c11-7-1-2-8-6(3-7)4-9(13-8)10(14)5-12/h1-4,13H,5,12H2. The number of ketones is 1. The number of Topliss-reactive ketones (excluding diaryl/α,β-unsaturated/α-hetero) is 1. The van der Waals surface area contributed by atoms with Crippen LogP contribution in [0.3, 0.4) is 0 Å². The molecule has 0 unspecified atom stereocenters. The van der Waals surface area contributed by atoms with E-state index in [1.807, 2.05) is 0 Å². The van der Waals surface area contributed by atoms with E-state index in [9.17, 15) is 9.18 Å². The zero-order chi connectivity index (χ0) is 10.1. The Kier molecular flexibility index (Phi) is 2.05. The van der Waals surface area contributed by atoms with Gasteiger partial charge < -0.3 is 10.7 Å². The van der Waals surface area contributed by atoms with Crippen molar-refractivity contribution in [3.8, 4) is 0 Å². The molecule has 0 amide bonds. The number of aromatic nitrogens is 1. The van der Waals surface area contributed by atoms with E-state index in [1.165, 1.54) is 12.1 Å². The summed E-state index contributed by atoms with van der Waals surface area (Å²) in [5.74, 6) is -0.496. The average Bonchev–Trinajstić information content (AvgIpc) is 2.59. The fourth-order valence-corrected chi connectivity index (χ4v) is 1.36. The van der Waals surface area contributed by atoms with Gasteiger partial charge >= 0.3 is 0 Å². The third-order valence-electron chi connectivity index (χ3n) is 2.07. The molecule has 1 aromatic heterocycles. The first kappa shape index (κ1) is 8.90. The van der Waals surface area contributed by atoms with Crippen LogP contribution in [0.15, 0.2) is 24.3 Å². The average molecular weight is 192 g/mol. The summed E-state index contributed by atoms with van der Waals surface area (Å²) in [4.78, 5) is 14.1. The molecule has 0 saturated heterocycles. The molecular weight excluding hydrogens is 183 g/mol. The molecule has 0 atom stereocenters. The SMILES string of the molecule is NCC(=O)c1cc2cc(F)ccc2[nH]1. The number of carbonyl (C=O) groups excluding carboxylic acids is 1. The van der Waals surface area contributed by atoms with Crippen LogP contribution in [-0.2, 0) is 0 Å². The van der Waals surface area contributed by atoms with Gasteiger partial charge in [-0.05, 0) is 24.3 Å². The summed E-state index contributed by atoms with van der Waals surface area (Å²) in [6.45, 7) is -0.0463. The van der Waals surface area contributed by atoms with Gasteiger partial charge in [0.1, 0.15) is 5.82 Å². The molecule has 14 heavy (non-hydrogen) atoms. The molecule has 0 aliphatic heterocycles. The first-order valence-electron chi connectivity index (χ1n) is 4.22. The van der Waals surface area contributed by atoms with Gasteiger partial charge in [-0.25, -0.2) is 4.39 Å². The lowest BCUT2D eigenvalue weighted by atomic mass is 10.2. The lowest BCUT2D eigenvalue weighted by molar-refractivity contribution is 0.0997. The van der Waals surface area contributed by atoms with Gasteiger partial charge in [-0.2, -0.15) is 0 Å². The maximum Gasteiger partial charge on any atom is 0.192 e. The van der Waals surface area contributed by atoms with Gasteiger partial charge in [-0.15, -0.1) is 0 Å². The Hall–Kier alpha value is -1.68. The fourth-order valence-electron chi connectivity index (χ4n) is 1.36. The number of hydrogen-bond donors (Lipinski definition) is 2. The Labute approximate surface area is 79.7 Å². The van der Waals surface area contributed by atoms with Gasteiger partial charge in [0.2, 0.25) is 0 Å². The Morgan fingerprint density at radius 3 is 2.93 bits per heavy atom. The number of halogens is 1. The van der Waals surface area contributed by atoms with Crippen molar-refractivity contribution < 1.29 is 9.18 Å². The third-order valence-corrected chi connectivity index (χ3v) is 2.07. The summed E-state index contributed by atoms with van der Waals surface area (Å²) in [5.41, 5.74) is 6.38. The Bertz CT molecular complexity index is 490. The molecule has 4 heteroatoms. The maximum absolute atomic E-state index is 12.8. The number of fused-ring (bicyclic) bond motifs is 1. The molecular formula is C10H9FN2O. The zero-order valence-corrected chi connectivity index (χ0v) is 7.38. The van der Waals surface area contributed by atoms with E-state index in [4.69, 9.17) is 5.73 Å². The molecule has 0 fully saturated rings. The molecule has 0 radical (unpaired) electrons. The number of hydrogen-bond acceptors (Lipinski definition) is 2. The number of nitrogens with two attached hydrogens (primary N) is 1. The van der Waals surface area contributed by atoms with Crippen molar-refractivity contribution in [2.75, 3.05) is 6.54 Å². The Morgan fingerprint density at radius 2 is 2.21 bits per heavy atom. The van der Waals surface area contributed by atoms with Crippen molar-refractivity contribution in [3.05, 3.63) is 35.8 Å². The fraction of sp³-hybridized carbons (Fsp3) is 0.100. The summed E-state index contributed by atoms with van der Waals surface area (Å²) >= 11 is 0. The molecule has 2 aromatic rings. The van der Waals surface area contributed by atoms with Gasteiger partial charge in [0.15, 0.2) is 5.78 Å². The predicted octanol–water partition coefficient (Wildman–Crippen LogP) is 1.45. The molecule has 2 rings (SSSR count). The minimum Gasteiger partial charge on any atom is -0.352 e. The summed E-state index contributed by atoms with van der Waals surface area (Å²) in [7, 11) is 0. The maximum atomic E-state index is 12.8. The topological polar surface area (TPSA) is 58.9 Å². The highest BCUT2D eigenvalue weighted by atomic mass is 19.1. The van der Waals surface area contributed by atoms with Gasteiger partial charge in [0.25, 0.3) is 0 Å². The molecule has 1 aromatic carbocycles. The normalized spacial score (nSPS) is 10.7. The monoisotopic (exact) mass is 192 g/mol. The van der Waals surface area contributed by atoms with E-state index in [-0.39, 0.29) is 18.1 Å². The number of benzene rings is 1. The summed E-state index contributed by atoms with van der Waals surface area (Å²) < 4.78 is 12.8. The van der Waals surface area contributed by atoms with E-state index < -0.39 is 0 Å². The molecule has 0 aliphatic rings. The number of nitrogens with one attached hydrogen (secondary N) is 1. The van der Waals surface area contributed by atoms with Crippen LogP contribution in [0.4, 0.5) is 4.39 Å². The third kappa shape index (κ3) is 1.40. The minimum atomic E-state index is -0.316. The summed E-state index contributed by atoms with van der Waals surface area (Å²) in [6.07, 6.45) is 0. The molecule has 0 bridgehead atoms. The van der Waals surface area contributed by atoms with Gasteiger partial charge in [-0.1, -0.05) is 0 Å². The van der Waals surface area contributed by atoms with Crippen molar-refractivity contribution in [2.24, 2.45) is 5.73 Å². The molecule has 72 valence electrons. The van der Waals surface area contributed by atoms with Crippen molar-refractivity contribution in [2.45, 2.75) is 0 Å². The molecule has 1 heterocycles. The Morgan fingerprint density at radius 1 is 1.43 bits per heavy atom. The highest BCUT2D eigenvalue weighted by Crippen LogP contribution is 2.16. The van der Waals surface area contributed by atoms with E-state index in [0.29, 0.717) is 11.1 Å². The highest BCUT2D eigenvalue weighted by molar-refractivity contribution is 6.00. The molecule has 0 aliphatic carbocycles. The number of aromatic amines is 1. The number of rotatable bonds is 2. The van der Waals surface area contributed by atoms with Crippen LogP contribution in [0.2, 0.25) is 0 Å². The lowest BCUT2D eigenvalue weighted by Gasteiger charge is -1.89. The van der Waals surface area contributed by atoms with Crippen molar-refractivity contribution in [3.63, 3.8) is 0 Å². The second-order valence-corrected chi connectivity index (χ2v) is 3.04. The van der Waals surface area contributed by atoms with Crippen LogP contribution in [-0.4, -0.2) is 17.3 Å². The van der Waals surface area contributed by atoms with Crippen molar-refractivity contribution in [1.82, 2.24) is 4.98 Å². The molecule has 3 nitrogen and oxygen atoms in total. The smallest absolute Gasteiger partial charge is 0.192 e. The van der Waals surface area contributed by atoms with E-state index in [0.717, 1.165) is 5.52 Å². The highest BCUT2D eigenvalue weighted by Gasteiger charge is 2.07. The first-order chi connectivity index (χ1) is 6.70. The largest absolute Gasteiger partial charge is 0.352 e. The van der Waals surface area contributed by atoms with Crippen molar-refractivity contribution >= 4 is 16.7 Å².